The highest BCUT2D eigenvalue weighted by atomic mass is 35.5. The minimum absolute atomic E-state index is 0.0600. The zero-order valence-electron chi connectivity index (χ0n) is 13.1. The van der Waals surface area contributed by atoms with Gasteiger partial charge in [-0.25, -0.2) is 0 Å². The first-order valence-corrected chi connectivity index (χ1v) is 7.69. The number of halogens is 1. The lowest BCUT2D eigenvalue weighted by Crippen LogP contribution is -2.33. The SMILES string of the molecule is CC(=O)N[C@@H](CC(=O)NCCc1nc(N)no1)c1ccc(Cl)cc1. The number of anilines is 1. The Labute approximate surface area is 143 Å². The standard InChI is InChI=1S/C15H18ClN5O3/c1-9(22)19-12(10-2-4-11(16)5-3-10)8-13(23)18-7-6-14-20-15(17)21-24-14/h2-5,12H,6-8H2,1H3,(H2,17,21)(H,18,23)(H,19,22)/t12-/m0/s1. The number of rotatable bonds is 7. The van der Waals surface area contributed by atoms with E-state index in [1.54, 1.807) is 24.3 Å². The number of carbonyl (C=O) groups is 2. The highest BCUT2D eigenvalue weighted by Gasteiger charge is 2.17. The van der Waals surface area contributed by atoms with E-state index in [4.69, 9.17) is 21.9 Å². The quantitative estimate of drug-likeness (QED) is 0.689. The van der Waals surface area contributed by atoms with Crippen molar-refractivity contribution in [1.82, 2.24) is 20.8 Å². The number of benzene rings is 1. The average molecular weight is 352 g/mol. The van der Waals surface area contributed by atoms with E-state index in [0.29, 0.717) is 23.9 Å². The number of carbonyl (C=O) groups excluding carboxylic acids is 2. The summed E-state index contributed by atoms with van der Waals surface area (Å²) >= 11 is 5.86. The molecule has 0 saturated heterocycles. The molecular weight excluding hydrogens is 334 g/mol. The molecule has 2 rings (SSSR count). The molecule has 0 unspecified atom stereocenters. The molecule has 0 saturated carbocycles. The van der Waals surface area contributed by atoms with Crippen LogP contribution in [0, 0.1) is 0 Å². The summed E-state index contributed by atoms with van der Waals surface area (Å²) in [6.45, 7) is 1.73. The lowest BCUT2D eigenvalue weighted by atomic mass is 10.0. The minimum atomic E-state index is -0.432. The Morgan fingerprint density at radius 3 is 2.62 bits per heavy atom. The number of nitrogens with two attached hydrogens (primary N) is 1. The lowest BCUT2D eigenvalue weighted by molar-refractivity contribution is -0.122. The Balaban J connectivity index is 1.89. The highest BCUT2D eigenvalue weighted by Crippen LogP contribution is 2.19. The molecule has 0 aliphatic heterocycles. The third-order valence-electron chi connectivity index (χ3n) is 3.18. The van der Waals surface area contributed by atoms with Crippen LogP contribution in [0.5, 0.6) is 0 Å². The van der Waals surface area contributed by atoms with Crippen LogP contribution >= 0.6 is 11.6 Å². The molecule has 0 fully saturated rings. The highest BCUT2D eigenvalue weighted by molar-refractivity contribution is 6.30. The Bertz CT molecular complexity index is 701. The first kappa shape index (κ1) is 17.7. The van der Waals surface area contributed by atoms with Crippen LogP contribution in [0.15, 0.2) is 28.8 Å². The first-order chi connectivity index (χ1) is 11.4. The summed E-state index contributed by atoms with van der Waals surface area (Å²) in [4.78, 5) is 27.3. The van der Waals surface area contributed by atoms with Crippen LogP contribution in [-0.4, -0.2) is 28.5 Å². The van der Waals surface area contributed by atoms with Crippen molar-refractivity contribution in [2.75, 3.05) is 12.3 Å². The second kappa shape index (κ2) is 8.30. The van der Waals surface area contributed by atoms with E-state index < -0.39 is 6.04 Å². The monoisotopic (exact) mass is 351 g/mol. The maximum absolute atomic E-state index is 12.1. The molecule has 1 aromatic heterocycles. The molecule has 1 aromatic carbocycles. The summed E-state index contributed by atoms with van der Waals surface area (Å²) < 4.78 is 4.85. The van der Waals surface area contributed by atoms with Crippen molar-refractivity contribution in [3.8, 4) is 0 Å². The number of nitrogens with one attached hydrogen (secondary N) is 2. The number of nitrogen functional groups attached to an aromatic ring is 1. The summed E-state index contributed by atoms with van der Waals surface area (Å²) in [5, 5.41) is 9.55. The molecule has 0 aliphatic rings. The second-order valence-electron chi connectivity index (χ2n) is 5.16. The van der Waals surface area contributed by atoms with Gasteiger partial charge in [-0.1, -0.05) is 23.7 Å². The van der Waals surface area contributed by atoms with Gasteiger partial charge in [-0.05, 0) is 22.9 Å². The van der Waals surface area contributed by atoms with Crippen molar-refractivity contribution >= 4 is 29.4 Å². The van der Waals surface area contributed by atoms with Gasteiger partial charge in [-0.3, -0.25) is 9.59 Å². The summed E-state index contributed by atoms with van der Waals surface area (Å²) in [5.74, 6) is -0.0195. The van der Waals surface area contributed by atoms with Crippen molar-refractivity contribution < 1.29 is 14.1 Å². The van der Waals surface area contributed by atoms with Crippen LogP contribution in [0.3, 0.4) is 0 Å². The molecule has 4 N–H and O–H groups in total. The lowest BCUT2D eigenvalue weighted by Gasteiger charge is -2.18. The first-order valence-electron chi connectivity index (χ1n) is 7.31. The predicted octanol–water partition coefficient (Wildman–Crippen LogP) is 1.23. The number of hydrogen-bond donors (Lipinski definition) is 3. The maximum Gasteiger partial charge on any atom is 0.260 e. The fraction of sp³-hybridized carbons (Fsp3) is 0.333. The van der Waals surface area contributed by atoms with Gasteiger partial charge in [0.2, 0.25) is 17.7 Å². The zero-order valence-corrected chi connectivity index (χ0v) is 13.8. The van der Waals surface area contributed by atoms with Crippen LogP contribution in [0.25, 0.3) is 0 Å². The van der Waals surface area contributed by atoms with E-state index in [1.165, 1.54) is 6.92 Å². The normalized spacial score (nSPS) is 11.8. The molecule has 8 nitrogen and oxygen atoms in total. The molecule has 128 valence electrons. The Hall–Kier alpha value is -2.61. The third kappa shape index (κ3) is 5.54. The van der Waals surface area contributed by atoms with Crippen molar-refractivity contribution in [2.24, 2.45) is 0 Å². The molecule has 24 heavy (non-hydrogen) atoms. The summed E-state index contributed by atoms with van der Waals surface area (Å²) in [6, 6.07) is 6.54. The van der Waals surface area contributed by atoms with Crippen LogP contribution in [0.1, 0.15) is 30.8 Å². The van der Waals surface area contributed by atoms with E-state index in [9.17, 15) is 9.59 Å². The molecular formula is C15H18ClN5O3. The molecule has 2 amide bonds. The van der Waals surface area contributed by atoms with Gasteiger partial charge in [0.15, 0.2) is 0 Å². The predicted molar refractivity (Wildman–Crippen MR) is 88.1 cm³/mol. The van der Waals surface area contributed by atoms with Crippen molar-refractivity contribution in [3.63, 3.8) is 0 Å². The molecule has 0 spiro atoms. The van der Waals surface area contributed by atoms with Crippen molar-refractivity contribution in [1.29, 1.82) is 0 Å². The van der Waals surface area contributed by atoms with E-state index in [1.807, 2.05) is 0 Å². The molecule has 0 bridgehead atoms. The number of nitrogens with zero attached hydrogens (tertiary/aromatic N) is 2. The van der Waals surface area contributed by atoms with E-state index >= 15 is 0 Å². The fourth-order valence-corrected chi connectivity index (χ4v) is 2.25. The van der Waals surface area contributed by atoms with Crippen LogP contribution in [0.2, 0.25) is 5.02 Å². The van der Waals surface area contributed by atoms with Crippen molar-refractivity contribution in [3.05, 3.63) is 40.7 Å². The third-order valence-corrected chi connectivity index (χ3v) is 3.44. The number of aromatic nitrogens is 2. The largest absolute Gasteiger partial charge is 0.365 e. The molecule has 0 radical (unpaired) electrons. The maximum atomic E-state index is 12.1. The Kier molecular flexibility index (Phi) is 6.14. The summed E-state index contributed by atoms with van der Waals surface area (Å²) in [6.07, 6.45) is 0.481. The van der Waals surface area contributed by atoms with E-state index in [2.05, 4.69) is 20.8 Å². The molecule has 9 heteroatoms. The van der Waals surface area contributed by atoms with Gasteiger partial charge < -0.3 is 20.9 Å². The molecule has 1 heterocycles. The van der Waals surface area contributed by atoms with Crippen molar-refractivity contribution in [2.45, 2.75) is 25.8 Å². The molecule has 0 aliphatic carbocycles. The zero-order chi connectivity index (χ0) is 17.5. The number of hydrogen-bond acceptors (Lipinski definition) is 6. The second-order valence-corrected chi connectivity index (χ2v) is 5.59. The van der Waals surface area contributed by atoms with Gasteiger partial charge in [-0.15, -0.1) is 0 Å². The minimum Gasteiger partial charge on any atom is -0.365 e. The van der Waals surface area contributed by atoms with Gasteiger partial charge in [0, 0.05) is 24.9 Å². The Morgan fingerprint density at radius 2 is 2.04 bits per heavy atom. The van der Waals surface area contributed by atoms with E-state index in [-0.39, 0.29) is 24.2 Å². The average Bonchev–Trinajstić information content (AvgIpc) is 2.92. The van der Waals surface area contributed by atoms with Gasteiger partial charge in [0.25, 0.3) is 5.95 Å². The van der Waals surface area contributed by atoms with Crippen LogP contribution in [-0.2, 0) is 16.0 Å². The van der Waals surface area contributed by atoms with Gasteiger partial charge in [-0.2, -0.15) is 4.98 Å². The van der Waals surface area contributed by atoms with Gasteiger partial charge >= 0.3 is 0 Å². The fourth-order valence-electron chi connectivity index (χ4n) is 2.13. The van der Waals surface area contributed by atoms with Gasteiger partial charge in [0.1, 0.15) is 0 Å². The summed E-state index contributed by atoms with van der Waals surface area (Å²) in [5.41, 5.74) is 6.14. The molecule has 2 aromatic rings. The Morgan fingerprint density at radius 1 is 1.33 bits per heavy atom. The topological polar surface area (TPSA) is 123 Å². The smallest absolute Gasteiger partial charge is 0.260 e. The van der Waals surface area contributed by atoms with Crippen LogP contribution < -0.4 is 16.4 Å². The number of amides is 2. The van der Waals surface area contributed by atoms with Gasteiger partial charge in [0.05, 0.1) is 12.5 Å². The van der Waals surface area contributed by atoms with Crippen LogP contribution in [0.4, 0.5) is 5.95 Å². The molecule has 1 atom stereocenters. The summed E-state index contributed by atoms with van der Waals surface area (Å²) in [7, 11) is 0. The van der Waals surface area contributed by atoms with E-state index in [0.717, 1.165) is 5.56 Å².